The maximum atomic E-state index is 11.9. The predicted molar refractivity (Wildman–Crippen MR) is 82.3 cm³/mol. The monoisotopic (exact) mass is 299 g/mol. The van der Waals surface area contributed by atoms with Gasteiger partial charge in [-0.15, -0.1) is 0 Å². The van der Waals surface area contributed by atoms with E-state index in [2.05, 4.69) is 10.6 Å². The molecule has 0 aliphatic carbocycles. The number of piperidine rings is 1. The van der Waals surface area contributed by atoms with E-state index in [-0.39, 0.29) is 17.4 Å². The van der Waals surface area contributed by atoms with Crippen LogP contribution in [0.4, 0.5) is 4.79 Å². The lowest BCUT2D eigenvalue weighted by Crippen LogP contribution is -2.44. The maximum absolute atomic E-state index is 11.9. The van der Waals surface area contributed by atoms with Crippen molar-refractivity contribution in [3.8, 4) is 0 Å². The van der Waals surface area contributed by atoms with E-state index in [1.165, 1.54) is 4.90 Å². The van der Waals surface area contributed by atoms with Crippen molar-refractivity contribution in [3.63, 3.8) is 0 Å². The lowest BCUT2D eigenvalue weighted by atomic mass is 9.95. The Balaban J connectivity index is 2.16. The quantitative estimate of drug-likeness (QED) is 0.624. The molecule has 0 aromatic heterocycles. The highest BCUT2D eigenvalue weighted by Gasteiger charge is 2.26. The summed E-state index contributed by atoms with van der Waals surface area (Å²) < 4.78 is 0. The zero-order valence-electron chi connectivity index (χ0n) is 13.4. The van der Waals surface area contributed by atoms with Gasteiger partial charge >= 0.3 is 6.09 Å². The minimum Gasteiger partial charge on any atom is -0.465 e. The number of rotatable bonds is 7. The third-order valence-corrected chi connectivity index (χ3v) is 4.42. The first kappa shape index (κ1) is 17.8. The molecule has 1 aliphatic heterocycles. The molecule has 6 nitrogen and oxygen atoms in total. The summed E-state index contributed by atoms with van der Waals surface area (Å²) in [6.45, 7) is 6.38. The van der Waals surface area contributed by atoms with Gasteiger partial charge in [0.1, 0.15) is 0 Å². The zero-order valence-corrected chi connectivity index (χ0v) is 13.4. The van der Waals surface area contributed by atoms with Gasteiger partial charge in [-0.1, -0.05) is 0 Å². The smallest absolute Gasteiger partial charge is 0.407 e. The van der Waals surface area contributed by atoms with Crippen LogP contribution in [0.5, 0.6) is 0 Å². The Morgan fingerprint density at radius 2 is 1.90 bits per heavy atom. The Morgan fingerprint density at radius 1 is 1.29 bits per heavy atom. The Hall–Kier alpha value is -1.30. The van der Waals surface area contributed by atoms with Gasteiger partial charge in [-0.3, -0.25) is 4.79 Å². The van der Waals surface area contributed by atoms with Crippen LogP contribution in [0.15, 0.2) is 0 Å². The molecule has 1 fully saturated rings. The van der Waals surface area contributed by atoms with Crippen molar-refractivity contribution in [1.29, 1.82) is 0 Å². The highest BCUT2D eigenvalue weighted by molar-refractivity contribution is 5.78. The molecular weight excluding hydrogens is 270 g/mol. The van der Waals surface area contributed by atoms with Crippen molar-refractivity contribution in [2.24, 2.45) is 5.92 Å². The molecule has 1 aliphatic rings. The van der Waals surface area contributed by atoms with Gasteiger partial charge in [0.25, 0.3) is 0 Å². The molecular formula is C15H29N3O3. The summed E-state index contributed by atoms with van der Waals surface area (Å²) in [4.78, 5) is 24.2. The number of nitrogens with one attached hydrogen (secondary N) is 2. The molecule has 0 unspecified atom stereocenters. The zero-order chi connectivity index (χ0) is 15.9. The number of carboxylic acid groups (broad SMARTS) is 1. The second-order valence-electron chi connectivity index (χ2n) is 6.43. The first-order valence-corrected chi connectivity index (χ1v) is 7.80. The van der Waals surface area contributed by atoms with Gasteiger partial charge in [0, 0.05) is 25.0 Å². The molecule has 0 bridgehead atoms. The highest BCUT2D eigenvalue weighted by Crippen LogP contribution is 2.20. The Labute approximate surface area is 127 Å². The molecule has 122 valence electrons. The first-order chi connectivity index (χ1) is 9.84. The van der Waals surface area contributed by atoms with E-state index in [9.17, 15) is 9.59 Å². The van der Waals surface area contributed by atoms with Gasteiger partial charge in [0.05, 0.1) is 0 Å². The third kappa shape index (κ3) is 5.91. The van der Waals surface area contributed by atoms with Gasteiger partial charge in [-0.25, -0.2) is 4.79 Å². The fourth-order valence-electron chi connectivity index (χ4n) is 2.55. The Kier molecular flexibility index (Phi) is 6.95. The van der Waals surface area contributed by atoms with Crippen LogP contribution >= 0.6 is 0 Å². The van der Waals surface area contributed by atoms with E-state index in [1.807, 2.05) is 13.8 Å². The first-order valence-electron chi connectivity index (χ1n) is 7.80. The van der Waals surface area contributed by atoms with Crippen LogP contribution in [0.3, 0.4) is 0 Å². The number of carbonyl (C=O) groups excluding carboxylic acids is 1. The number of hydrogen-bond donors (Lipinski definition) is 3. The summed E-state index contributed by atoms with van der Waals surface area (Å²) in [5.41, 5.74) is -0.370. The van der Waals surface area contributed by atoms with Crippen LogP contribution in [0, 0.1) is 5.92 Å². The normalized spacial score (nSPS) is 16.5. The molecule has 1 rings (SSSR count). The number of carbonyl (C=O) groups is 2. The van der Waals surface area contributed by atoms with Crippen molar-refractivity contribution in [1.82, 2.24) is 15.5 Å². The lowest BCUT2D eigenvalue weighted by molar-refractivity contribution is -0.125. The van der Waals surface area contributed by atoms with Crippen molar-refractivity contribution >= 4 is 12.0 Å². The van der Waals surface area contributed by atoms with Crippen LogP contribution < -0.4 is 10.6 Å². The summed E-state index contributed by atoms with van der Waals surface area (Å²) >= 11 is 0. The topological polar surface area (TPSA) is 81.7 Å². The molecule has 0 aromatic rings. The fourth-order valence-corrected chi connectivity index (χ4v) is 2.55. The second kappa shape index (κ2) is 8.22. The van der Waals surface area contributed by atoms with Crippen molar-refractivity contribution in [3.05, 3.63) is 0 Å². The minimum absolute atomic E-state index is 0.154. The van der Waals surface area contributed by atoms with Crippen LogP contribution in [-0.4, -0.2) is 54.2 Å². The number of nitrogens with zero attached hydrogens (tertiary/aromatic N) is 1. The molecule has 2 amide bonds. The summed E-state index contributed by atoms with van der Waals surface area (Å²) in [6.07, 6.45) is 3.51. The molecule has 1 saturated heterocycles. The summed E-state index contributed by atoms with van der Waals surface area (Å²) in [7, 11) is 1.60. The van der Waals surface area contributed by atoms with Gasteiger partial charge in [-0.2, -0.15) is 0 Å². The van der Waals surface area contributed by atoms with Crippen molar-refractivity contribution in [2.75, 3.05) is 26.7 Å². The maximum Gasteiger partial charge on any atom is 0.407 e. The molecule has 3 N–H and O–H groups in total. The average Bonchev–Trinajstić information content (AvgIpc) is 2.46. The van der Waals surface area contributed by atoms with Gasteiger partial charge in [0.2, 0.25) is 5.91 Å². The molecule has 0 saturated carbocycles. The van der Waals surface area contributed by atoms with Crippen LogP contribution in [-0.2, 0) is 4.79 Å². The van der Waals surface area contributed by atoms with E-state index in [0.29, 0.717) is 6.54 Å². The molecule has 0 aromatic carbocycles. The summed E-state index contributed by atoms with van der Waals surface area (Å²) in [5.74, 6) is 0.319. The van der Waals surface area contributed by atoms with Crippen molar-refractivity contribution < 1.29 is 14.7 Å². The largest absolute Gasteiger partial charge is 0.465 e. The molecule has 0 radical (unpaired) electrons. The number of unbranched alkanes of at least 4 members (excludes halogenated alkanes) is 1. The van der Waals surface area contributed by atoms with Gasteiger partial charge in [0.15, 0.2) is 0 Å². The minimum atomic E-state index is -0.904. The lowest BCUT2D eigenvalue weighted by Gasteiger charge is -2.33. The number of hydrogen-bond acceptors (Lipinski definition) is 3. The van der Waals surface area contributed by atoms with Crippen LogP contribution in [0.25, 0.3) is 0 Å². The molecule has 0 spiro atoms. The molecule has 6 heteroatoms. The van der Waals surface area contributed by atoms with Gasteiger partial charge in [-0.05, 0) is 59.0 Å². The molecule has 0 atom stereocenters. The SMILES string of the molecule is CN(C(=O)O)C(C)(C)CCCCNC(=O)C1CCNCC1. The Morgan fingerprint density at radius 3 is 2.48 bits per heavy atom. The molecule has 1 heterocycles. The molecule has 21 heavy (non-hydrogen) atoms. The Bertz CT molecular complexity index is 352. The number of amides is 2. The summed E-state index contributed by atoms with van der Waals surface area (Å²) in [6, 6.07) is 0. The van der Waals surface area contributed by atoms with E-state index in [1.54, 1.807) is 7.05 Å². The van der Waals surface area contributed by atoms with E-state index < -0.39 is 6.09 Å². The highest BCUT2D eigenvalue weighted by atomic mass is 16.4. The van der Waals surface area contributed by atoms with Crippen LogP contribution in [0.1, 0.15) is 46.0 Å². The van der Waals surface area contributed by atoms with Crippen LogP contribution in [0.2, 0.25) is 0 Å². The third-order valence-electron chi connectivity index (χ3n) is 4.42. The van der Waals surface area contributed by atoms with Crippen molar-refractivity contribution in [2.45, 2.75) is 51.5 Å². The average molecular weight is 299 g/mol. The van der Waals surface area contributed by atoms with E-state index >= 15 is 0 Å². The second-order valence-corrected chi connectivity index (χ2v) is 6.43. The fraction of sp³-hybridized carbons (Fsp3) is 0.867. The standard InChI is InChI=1S/C15H29N3O3/c1-15(2,18(3)14(20)21)8-4-5-9-17-13(19)12-6-10-16-11-7-12/h12,16H,4-11H2,1-3H3,(H,17,19)(H,20,21). The van der Waals surface area contributed by atoms with E-state index in [0.717, 1.165) is 45.2 Å². The van der Waals surface area contributed by atoms with Gasteiger partial charge < -0.3 is 20.6 Å². The van der Waals surface area contributed by atoms with E-state index in [4.69, 9.17) is 5.11 Å². The predicted octanol–water partition coefficient (Wildman–Crippen LogP) is 1.66. The summed E-state index contributed by atoms with van der Waals surface area (Å²) in [5, 5.41) is 15.2.